The third-order valence-electron chi connectivity index (χ3n) is 3.58. The molecule has 0 aliphatic carbocycles. The molecule has 1 N–H and O–H groups in total. The zero-order chi connectivity index (χ0) is 19.9. The molecular formula is C20H13BrClN3O3. The second-order valence-corrected chi connectivity index (χ2v) is 6.76. The van der Waals surface area contributed by atoms with Gasteiger partial charge in [0.25, 0.3) is 5.91 Å². The van der Waals surface area contributed by atoms with Crippen molar-refractivity contribution in [2.45, 2.75) is 0 Å². The number of benzene rings is 3. The quantitative estimate of drug-likeness (QED) is 0.364. The molecule has 0 radical (unpaired) electrons. The summed E-state index contributed by atoms with van der Waals surface area (Å²) in [6.45, 7) is 0. The molecule has 0 aliphatic heterocycles. The van der Waals surface area contributed by atoms with Crippen molar-refractivity contribution in [2.24, 2.45) is 10.2 Å². The van der Waals surface area contributed by atoms with Crippen LogP contribution in [0.25, 0.3) is 0 Å². The van der Waals surface area contributed by atoms with Gasteiger partial charge in [0.15, 0.2) is 0 Å². The number of azo groups is 1. The Morgan fingerprint density at radius 2 is 1.54 bits per heavy atom. The van der Waals surface area contributed by atoms with Crippen LogP contribution in [0.5, 0.6) is 0 Å². The lowest BCUT2D eigenvalue weighted by molar-refractivity contribution is 0.0596. The molecule has 0 saturated heterocycles. The van der Waals surface area contributed by atoms with Gasteiger partial charge in [-0.15, -0.1) is 10.2 Å². The molecule has 0 bridgehead atoms. The Hall–Kier alpha value is -3.03. The van der Waals surface area contributed by atoms with E-state index < -0.39 is 11.9 Å². The number of anilines is 1. The van der Waals surface area contributed by atoms with E-state index in [0.29, 0.717) is 26.4 Å². The summed E-state index contributed by atoms with van der Waals surface area (Å²) in [5.74, 6) is -1.06. The predicted molar refractivity (Wildman–Crippen MR) is 110 cm³/mol. The average Bonchev–Trinajstić information content (AvgIpc) is 2.71. The first kappa shape index (κ1) is 19.7. The molecular weight excluding hydrogens is 446 g/mol. The fraction of sp³-hybridized carbons (Fsp3) is 0. The minimum atomic E-state index is -0.603. The molecule has 0 unspecified atom stereocenters. The van der Waals surface area contributed by atoms with E-state index in [1.807, 2.05) is 6.07 Å². The van der Waals surface area contributed by atoms with Crippen molar-refractivity contribution in [3.05, 3.63) is 93.4 Å². The number of amides is 1. The van der Waals surface area contributed by atoms with Crippen molar-refractivity contribution < 1.29 is 14.4 Å². The maximum atomic E-state index is 12.1. The van der Waals surface area contributed by atoms with E-state index in [-0.39, 0.29) is 5.56 Å². The van der Waals surface area contributed by atoms with E-state index >= 15 is 0 Å². The fourth-order valence-corrected chi connectivity index (χ4v) is 2.84. The molecule has 1 amide bonds. The first-order chi connectivity index (χ1) is 13.5. The number of nitrogens with zero attached hydrogens (tertiary/aromatic N) is 2. The Morgan fingerprint density at radius 3 is 2.21 bits per heavy atom. The monoisotopic (exact) mass is 457 g/mol. The molecule has 28 heavy (non-hydrogen) atoms. The highest BCUT2D eigenvalue weighted by Gasteiger charge is 2.11. The Bertz CT molecular complexity index is 1040. The number of carbonyl (C=O) groups excluding carboxylic acids is 2. The van der Waals surface area contributed by atoms with E-state index in [0.717, 1.165) is 0 Å². The van der Waals surface area contributed by atoms with Gasteiger partial charge in [-0.25, -0.2) is 10.3 Å². The van der Waals surface area contributed by atoms with Gasteiger partial charge in [-0.05, 0) is 64.5 Å². The standard InChI is InChI=1S/C20H13BrClN3O3/c21-17-7-3-1-5-15(17)19(26)24-23-13-9-11-14(12-10-13)25-28-20(27)16-6-2-4-8-18(16)22/h1-12,25H. The van der Waals surface area contributed by atoms with E-state index in [9.17, 15) is 9.59 Å². The third kappa shape index (κ3) is 5.03. The molecule has 3 aromatic rings. The summed E-state index contributed by atoms with van der Waals surface area (Å²) in [4.78, 5) is 29.1. The molecule has 0 fully saturated rings. The Labute approximate surface area is 174 Å². The summed E-state index contributed by atoms with van der Waals surface area (Å²) in [5.41, 5.74) is 4.23. The zero-order valence-corrected chi connectivity index (χ0v) is 16.6. The highest BCUT2D eigenvalue weighted by Crippen LogP contribution is 2.21. The van der Waals surface area contributed by atoms with Crippen LogP contribution >= 0.6 is 27.5 Å². The largest absolute Gasteiger partial charge is 0.364 e. The fourth-order valence-electron chi connectivity index (χ4n) is 2.17. The van der Waals surface area contributed by atoms with E-state index in [4.69, 9.17) is 16.4 Å². The molecule has 8 heteroatoms. The van der Waals surface area contributed by atoms with Gasteiger partial charge < -0.3 is 4.84 Å². The summed E-state index contributed by atoms with van der Waals surface area (Å²) >= 11 is 9.26. The number of halogens is 2. The number of carbonyl (C=O) groups is 2. The van der Waals surface area contributed by atoms with Crippen LogP contribution in [0, 0.1) is 0 Å². The van der Waals surface area contributed by atoms with Gasteiger partial charge in [0, 0.05) is 4.47 Å². The summed E-state index contributed by atoms with van der Waals surface area (Å²) in [5, 5.41) is 7.94. The number of rotatable bonds is 5. The molecule has 3 rings (SSSR count). The van der Waals surface area contributed by atoms with Crippen LogP contribution in [0.1, 0.15) is 20.7 Å². The second-order valence-electron chi connectivity index (χ2n) is 5.50. The average molecular weight is 459 g/mol. The molecule has 0 aliphatic rings. The lowest BCUT2D eigenvalue weighted by Crippen LogP contribution is -2.11. The van der Waals surface area contributed by atoms with Crippen LogP contribution in [0.3, 0.4) is 0 Å². The van der Waals surface area contributed by atoms with Crippen LogP contribution in [0.2, 0.25) is 5.02 Å². The molecule has 6 nitrogen and oxygen atoms in total. The Kier molecular flexibility index (Phi) is 6.52. The molecule has 0 aromatic heterocycles. The van der Waals surface area contributed by atoms with Crippen molar-refractivity contribution in [3.63, 3.8) is 0 Å². The van der Waals surface area contributed by atoms with Gasteiger partial charge in [-0.3, -0.25) is 4.79 Å². The molecule has 140 valence electrons. The number of hydrogen-bond donors (Lipinski definition) is 1. The van der Waals surface area contributed by atoms with Gasteiger partial charge in [0.2, 0.25) is 0 Å². The molecule has 0 saturated carbocycles. The van der Waals surface area contributed by atoms with Crippen LogP contribution in [-0.4, -0.2) is 11.9 Å². The molecule has 0 heterocycles. The number of nitrogens with one attached hydrogen (secondary N) is 1. The van der Waals surface area contributed by atoms with Gasteiger partial charge in [-0.2, -0.15) is 0 Å². The first-order valence-corrected chi connectivity index (χ1v) is 9.24. The number of hydrogen-bond acceptors (Lipinski definition) is 5. The third-order valence-corrected chi connectivity index (χ3v) is 4.60. The van der Waals surface area contributed by atoms with Crippen molar-refractivity contribution in [2.75, 3.05) is 5.48 Å². The summed E-state index contributed by atoms with van der Waals surface area (Å²) in [6, 6.07) is 20.1. The minimum Gasteiger partial charge on any atom is -0.338 e. The van der Waals surface area contributed by atoms with Crippen LogP contribution in [0.15, 0.2) is 87.5 Å². The van der Waals surface area contributed by atoms with Crippen LogP contribution < -0.4 is 5.48 Å². The SMILES string of the molecule is O=C(ONc1ccc(N=NC(=O)c2ccccc2Br)cc1)c1ccccc1Cl. The molecule has 0 spiro atoms. The van der Waals surface area contributed by atoms with Gasteiger partial charge in [0.05, 0.1) is 27.5 Å². The lowest BCUT2D eigenvalue weighted by Gasteiger charge is -2.07. The van der Waals surface area contributed by atoms with Crippen molar-refractivity contribution in [1.82, 2.24) is 0 Å². The normalized spacial score (nSPS) is 10.6. The minimum absolute atomic E-state index is 0.257. The highest BCUT2D eigenvalue weighted by atomic mass is 79.9. The van der Waals surface area contributed by atoms with Crippen LogP contribution in [0.4, 0.5) is 11.4 Å². The topological polar surface area (TPSA) is 80.1 Å². The van der Waals surface area contributed by atoms with Gasteiger partial charge in [0.1, 0.15) is 0 Å². The summed E-state index contributed by atoms with van der Waals surface area (Å²) in [7, 11) is 0. The maximum absolute atomic E-state index is 12.1. The van der Waals surface area contributed by atoms with Crippen molar-refractivity contribution in [3.8, 4) is 0 Å². The van der Waals surface area contributed by atoms with Gasteiger partial charge >= 0.3 is 5.97 Å². The second kappa shape index (κ2) is 9.25. The molecule has 0 atom stereocenters. The zero-order valence-electron chi connectivity index (χ0n) is 14.3. The van der Waals surface area contributed by atoms with E-state index in [1.54, 1.807) is 66.7 Å². The summed E-state index contributed by atoms with van der Waals surface area (Å²) in [6.07, 6.45) is 0. The van der Waals surface area contributed by atoms with E-state index in [1.165, 1.54) is 0 Å². The molecule has 3 aromatic carbocycles. The van der Waals surface area contributed by atoms with E-state index in [2.05, 4.69) is 31.6 Å². The first-order valence-electron chi connectivity index (χ1n) is 8.07. The van der Waals surface area contributed by atoms with Crippen molar-refractivity contribution in [1.29, 1.82) is 0 Å². The Balaban J connectivity index is 1.59. The van der Waals surface area contributed by atoms with Crippen molar-refractivity contribution >= 4 is 50.8 Å². The Morgan fingerprint density at radius 1 is 0.893 bits per heavy atom. The maximum Gasteiger partial charge on any atom is 0.364 e. The van der Waals surface area contributed by atoms with Gasteiger partial charge in [-0.1, -0.05) is 35.9 Å². The smallest absolute Gasteiger partial charge is 0.338 e. The lowest BCUT2D eigenvalue weighted by atomic mass is 10.2. The predicted octanol–water partition coefficient (Wildman–Crippen LogP) is 6.21. The van der Waals surface area contributed by atoms with Crippen LogP contribution in [-0.2, 0) is 4.84 Å². The highest BCUT2D eigenvalue weighted by molar-refractivity contribution is 9.10. The summed E-state index contributed by atoms with van der Waals surface area (Å²) < 4.78 is 0.652.